The van der Waals surface area contributed by atoms with Crippen LogP contribution in [0.25, 0.3) is 0 Å². The number of amides is 1. The van der Waals surface area contributed by atoms with E-state index in [0.717, 1.165) is 16.1 Å². The smallest absolute Gasteiger partial charge is 0.246 e. The van der Waals surface area contributed by atoms with Gasteiger partial charge in [-0.05, 0) is 61.0 Å². The monoisotopic (exact) mass is 498 g/mol. The number of methoxy groups -OCH3 is 2. The number of nitrogens with zero attached hydrogens (tertiary/aromatic N) is 2. The number of rotatable bonds is 10. The maximum Gasteiger partial charge on any atom is 0.246 e. The minimum atomic E-state index is -3.75. The molecule has 3 aromatic carbocycles. The van der Waals surface area contributed by atoms with Gasteiger partial charge in [0.1, 0.15) is 17.5 Å². The van der Waals surface area contributed by atoms with Gasteiger partial charge in [-0.1, -0.05) is 24.3 Å². The molecule has 0 saturated heterocycles. The number of hydrogen-bond acceptors (Lipinski definition) is 6. The first kappa shape index (κ1) is 25.9. The molecule has 0 fully saturated rings. The Labute approximate surface area is 206 Å². The van der Waals surface area contributed by atoms with E-state index in [4.69, 9.17) is 14.2 Å². The summed E-state index contributed by atoms with van der Waals surface area (Å²) in [5.74, 6) is 2.00. The van der Waals surface area contributed by atoms with Gasteiger partial charge in [0.05, 0.1) is 26.2 Å². The molecule has 0 aromatic heterocycles. The summed E-state index contributed by atoms with van der Waals surface area (Å²) in [6.45, 7) is 1.84. The quantitative estimate of drug-likeness (QED) is 0.414. The number of carbonyl (C=O) groups excluding carboxylic acids is 1. The summed E-state index contributed by atoms with van der Waals surface area (Å²) in [5.41, 5.74) is 1.19. The van der Waals surface area contributed by atoms with Crippen molar-refractivity contribution in [2.75, 3.05) is 31.8 Å². The summed E-state index contributed by atoms with van der Waals surface area (Å²) in [6, 6.07) is 20.3. The zero-order valence-corrected chi connectivity index (χ0v) is 21.3. The summed E-state index contributed by atoms with van der Waals surface area (Å²) >= 11 is 0. The SMILES string of the molecule is COc1ccc(CN(C)C(=O)[C@@H](C)N(c2ccc(Oc3ccccc3)cc2)S(C)(=O)=O)cc1OC. The van der Waals surface area contributed by atoms with Gasteiger partial charge in [0.25, 0.3) is 0 Å². The molecule has 0 aliphatic rings. The van der Waals surface area contributed by atoms with Gasteiger partial charge in [-0.25, -0.2) is 8.42 Å². The zero-order valence-electron chi connectivity index (χ0n) is 20.5. The number of sulfonamides is 1. The Bertz CT molecular complexity index is 1250. The fraction of sp³-hybridized carbons (Fsp3) is 0.269. The lowest BCUT2D eigenvalue weighted by Crippen LogP contribution is -2.48. The van der Waals surface area contributed by atoms with Crippen LogP contribution < -0.4 is 18.5 Å². The largest absolute Gasteiger partial charge is 0.493 e. The van der Waals surface area contributed by atoms with Crippen LogP contribution in [0.2, 0.25) is 0 Å². The van der Waals surface area contributed by atoms with Gasteiger partial charge >= 0.3 is 0 Å². The van der Waals surface area contributed by atoms with Crippen molar-refractivity contribution in [2.24, 2.45) is 0 Å². The molecule has 0 aliphatic heterocycles. The number of para-hydroxylation sites is 1. The first-order chi connectivity index (χ1) is 16.6. The van der Waals surface area contributed by atoms with Crippen LogP contribution >= 0.6 is 0 Å². The van der Waals surface area contributed by atoms with E-state index in [1.807, 2.05) is 36.4 Å². The van der Waals surface area contributed by atoms with Crippen LogP contribution in [0.3, 0.4) is 0 Å². The van der Waals surface area contributed by atoms with Crippen LogP contribution in [0.4, 0.5) is 5.69 Å². The van der Waals surface area contributed by atoms with Crippen molar-refractivity contribution >= 4 is 21.6 Å². The molecule has 35 heavy (non-hydrogen) atoms. The highest BCUT2D eigenvalue weighted by Crippen LogP contribution is 2.29. The molecule has 9 heteroatoms. The van der Waals surface area contributed by atoms with Gasteiger partial charge in [-0.15, -0.1) is 0 Å². The molecular formula is C26H30N2O6S. The minimum absolute atomic E-state index is 0.269. The fourth-order valence-corrected chi connectivity index (χ4v) is 4.91. The van der Waals surface area contributed by atoms with E-state index < -0.39 is 16.1 Å². The second kappa shape index (κ2) is 11.1. The molecule has 1 amide bonds. The third-order valence-electron chi connectivity index (χ3n) is 5.38. The minimum Gasteiger partial charge on any atom is -0.493 e. The van der Waals surface area contributed by atoms with E-state index in [2.05, 4.69) is 0 Å². The van der Waals surface area contributed by atoms with Crippen LogP contribution in [0, 0.1) is 0 Å². The fourth-order valence-electron chi connectivity index (χ4n) is 3.74. The molecule has 186 valence electrons. The van der Waals surface area contributed by atoms with Gasteiger partial charge in [-0.3, -0.25) is 9.10 Å². The van der Waals surface area contributed by atoms with Crippen LogP contribution in [0.1, 0.15) is 12.5 Å². The van der Waals surface area contributed by atoms with Crippen molar-refractivity contribution in [3.63, 3.8) is 0 Å². The molecule has 0 heterocycles. The number of benzene rings is 3. The van der Waals surface area contributed by atoms with Crippen LogP contribution in [-0.4, -0.2) is 52.8 Å². The molecule has 3 aromatic rings. The molecule has 0 saturated carbocycles. The molecule has 0 unspecified atom stereocenters. The van der Waals surface area contributed by atoms with Crippen LogP contribution in [0.15, 0.2) is 72.8 Å². The van der Waals surface area contributed by atoms with Crippen LogP contribution in [0.5, 0.6) is 23.0 Å². The summed E-state index contributed by atoms with van der Waals surface area (Å²) in [6.07, 6.45) is 1.08. The summed E-state index contributed by atoms with van der Waals surface area (Å²) in [4.78, 5) is 14.7. The molecule has 1 atom stereocenters. The normalized spacial score (nSPS) is 11.9. The summed E-state index contributed by atoms with van der Waals surface area (Å²) in [7, 11) is 0.971. The van der Waals surface area contributed by atoms with Gasteiger partial charge < -0.3 is 19.1 Å². The highest BCUT2D eigenvalue weighted by atomic mass is 32.2. The lowest BCUT2D eigenvalue weighted by molar-refractivity contribution is -0.131. The topological polar surface area (TPSA) is 85.4 Å². The third-order valence-corrected chi connectivity index (χ3v) is 6.62. The second-order valence-corrected chi connectivity index (χ2v) is 9.89. The number of carbonyl (C=O) groups is 1. The summed E-state index contributed by atoms with van der Waals surface area (Å²) in [5, 5.41) is 0. The maximum atomic E-state index is 13.2. The number of likely N-dealkylation sites (N-methyl/N-ethyl adjacent to an activating group) is 1. The molecule has 0 N–H and O–H groups in total. The third kappa shape index (κ3) is 6.45. The maximum absolute atomic E-state index is 13.2. The zero-order chi connectivity index (χ0) is 25.6. The number of hydrogen-bond donors (Lipinski definition) is 0. The molecule has 0 spiro atoms. The van der Waals surface area contributed by atoms with Crippen molar-refractivity contribution in [3.8, 4) is 23.0 Å². The van der Waals surface area contributed by atoms with E-state index in [0.29, 0.717) is 28.7 Å². The van der Waals surface area contributed by atoms with E-state index in [1.54, 1.807) is 64.6 Å². The predicted octanol–water partition coefficient (Wildman–Crippen LogP) is 4.31. The molecule has 0 radical (unpaired) electrons. The Hall–Kier alpha value is -3.72. The van der Waals surface area contributed by atoms with Crippen LogP contribution in [-0.2, 0) is 21.4 Å². The Morgan fingerprint density at radius 3 is 2.06 bits per heavy atom. The van der Waals surface area contributed by atoms with Gasteiger partial charge in [0.2, 0.25) is 15.9 Å². The highest BCUT2D eigenvalue weighted by molar-refractivity contribution is 7.92. The molecule has 0 aliphatic carbocycles. The molecule has 3 rings (SSSR count). The van der Waals surface area contributed by atoms with E-state index >= 15 is 0 Å². The van der Waals surface area contributed by atoms with E-state index in [1.165, 1.54) is 4.90 Å². The van der Waals surface area contributed by atoms with Gasteiger partial charge in [-0.2, -0.15) is 0 Å². The highest BCUT2D eigenvalue weighted by Gasteiger charge is 2.31. The predicted molar refractivity (Wildman–Crippen MR) is 136 cm³/mol. The van der Waals surface area contributed by atoms with Gasteiger partial charge in [0, 0.05) is 13.6 Å². The molecule has 8 nitrogen and oxygen atoms in total. The Morgan fingerprint density at radius 1 is 0.886 bits per heavy atom. The second-order valence-electron chi connectivity index (χ2n) is 8.03. The first-order valence-corrected chi connectivity index (χ1v) is 12.8. The first-order valence-electron chi connectivity index (χ1n) is 10.9. The average molecular weight is 499 g/mol. The van der Waals surface area contributed by atoms with Crippen molar-refractivity contribution in [1.29, 1.82) is 0 Å². The standard InChI is InChI=1S/C26H30N2O6S/c1-19(26(29)27(2)18-20-11-16-24(32-3)25(17-20)33-4)28(35(5,30)31)21-12-14-23(15-13-21)34-22-9-7-6-8-10-22/h6-17,19H,18H2,1-5H3/t19-/m1/s1. The van der Waals surface area contributed by atoms with Gasteiger partial charge in [0.15, 0.2) is 11.5 Å². The van der Waals surface area contributed by atoms with Crippen molar-refractivity contribution in [2.45, 2.75) is 19.5 Å². The Kier molecular flexibility index (Phi) is 8.24. The van der Waals surface area contributed by atoms with E-state index in [9.17, 15) is 13.2 Å². The average Bonchev–Trinajstić information content (AvgIpc) is 2.84. The van der Waals surface area contributed by atoms with Crippen molar-refractivity contribution in [1.82, 2.24) is 4.90 Å². The number of anilines is 1. The lowest BCUT2D eigenvalue weighted by Gasteiger charge is -2.31. The lowest BCUT2D eigenvalue weighted by atomic mass is 10.1. The summed E-state index contributed by atoms with van der Waals surface area (Å²) < 4.78 is 42.8. The van der Waals surface area contributed by atoms with E-state index in [-0.39, 0.29) is 12.5 Å². The van der Waals surface area contributed by atoms with Crippen molar-refractivity contribution < 1.29 is 27.4 Å². The van der Waals surface area contributed by atoms with Crippen molar-refractivity contribution in [3.05, 3.63) is 78.4 Å². The Balaban J connectivity index is 1.78. The number of ether oxygens (including phenoxy) is 3. The Morgan fingerprint density at radius 2 is 1.49 bits per heavy atom. The molecular weight excluding hydrogens is 468 g/mol. The molecule has 0 bridgehead atoms.